The molecular weight excluding hydrogens is 260 g/mol. The van der Waals surface area contributed by atoms with Gasteiger partial charge in [0.1, 0.15) is 0 Å². The van der Waals surface area contributed by atoms with E-state index in [1.165, 1.54) is 0 Å². The van der Waals surface area contributed by atoms with Gasteiger partial charge in [0.25, 0.3) is 0 Å². The van der Waals surface area contributed by atoms with Gasteiger partial charge >= 0.3 is 0 Å². The maximum atomic E-state index is 12.5. The van der Waals surface area contributed by atoms with Gasteiger partial charge in [-0.3, -0.25) is 4.79 Å². The van der Waals surface area contributed by atoms with Gasteiger partial charge in [-0.2, -0.15) is 0 Å². The van der Waals surface area contributed by atoms with Crippen LogP contribution in [-0.4, -0.2) is 29.9 Å². The maximum absolute atomic E-state index is 12.5. The predicted octanol–water partition coefficient (Wildman–Crippen LogP) is 2.55. The smallest absolute Gasteiger partial charge is 0.230 e. The Hall–Kier alpha value is -1.06. The Labute approximate surface area is 121 Å². The van der Waals surface area contributed by atoms with Gasteiger partial charge in [-0.25, -0.2) is 0 Å². The number of halogens is 1. The first kappa shape index (κ1) is 16.0. The molecule has 19 heavy (non-hydrogen) atoms. The van der Waals surface area contributed by atoms with Crippen LogP contribution in [-0.2, 0) is 4.79 Å². The lowest BCUT2D eigenvalue weighted by molar-refractivity contribution is -0.133. The molecule has 0 radical (unpaired) electrons. The highest BCUT2D eigenvalue weighted by atomic mass is 35.5. The van der Waals surface area contributed by atoms with Crippen LogP contribution in [0.3, 0.4) is 0 Å². The third-order valence-electron chi connectivity index (χ3n) is 3.76. The predicted molar refractivity (Wildman–Crippen MR) is 80.5 cm³/mol. The van der Waals surface area contributed by atoms with Crippen LogP contribution >= 0.6 is 12.4 Å². The van der Waals surface area contributed by atoms with Crippen molar-refractivity contribution in [3.8, 4) is 0 Å². The SMILES string of the molecule is CCC(C(=O)N1CCC(N)CC1)c1ccccc1.Cl. The number of carbonyl (C=O) groups excluding carboxylic acids is 1. The fourth-order valence-electron chi connectivity index (χ4n) is 2.58. The van der Waals surface area contributed by atoms with Crippen molar-refractivity contribution in [2.24, 2.45) is 5.73 Å². The van der Waals surface area contributed by atoms with Crippen LogP contribution in [0.25, 0.3) is 0 Å². The van der Waals surface area contributed by atoms with E-state index in [9.17, 15) is 4.79 Å². The molecular formula is C15H23ClN2O. The number of hydrogen-bond acceptors (Lipinski definition) is 2. The number of likely N-dealkylation sites (tertiary alicyclic amines) is 1. The minimum atomic E-state index is 0. The van der Waals surface area contributed by atoms with Crippen molar-refractivity contribution in [2.75, 3.05) is 13.1 Å². The Bertz CT molecular complexity index is 388. The third kappa shape index (κ3) is 3.95. The maximum Gasteiger partial charge on any atom is 0.230 e. The molecule has 1 unspecified atom stereocenters. The highest BCUT2D eigenvalue weighted by molar-refractivity contribution is 5.85. The summed E-state index contributed by atoms with van der Waals surface area (Å²) in [7, 11) is 0. The van der Waals surface area contributed by atoms with Crippen molar-refractivity contribution < 1.29 is 4.79 Å². The first-order valence-corrected chi connectivity index (χ1v) is 6.81. The second kappa shape index (κ2) is 7.51. The highest BCUT2D eigenvalue weighted by Crippen LogP contribution is 2.23. The van der Waals surface area contributed by atoms with Gasteiger partial charge in [0.15, 0.2) is 0 Å². The molecule has 106 valence electrons. The minimum Gasteiger partial charge on any atom is -0.342 e. The number of nitrogens with two attached hydrogens (primary N) is 1. The molecule has 1 fully saturated rings. The molecule has 4 heteroatoms. The van der Waals surface area contributed by atoms with Crippen molar-refractivity contribution >= 4 is 18.3 Å². The summed E-state index contributed by atoms with van der Waals surface area (Å²) in [5.41, 5.74) is 7.00. The summed E-state index contributed by atoms with van der Waals surface area (Å²) < 4.78 is 0. The van der Waals surface area contributed by atoms with E-state index in [2.05, 4.69) is 6.92 Å². The summed E-state index contributed by atoms with van der Waals surface area (Å²) in [5.74, 6) is 0.260. The van der Waals surface area contributed by atoms with Crippen molar-refractivity contribution in [1.82, 2.24) is 4.90 Å². The van der Waals surface area contributed by atoms with E-state index >= 15 is 0 Å². The summed E-state index contributed by atoms with van der Waals surface area (Å²) in [6.07, 6.45) is 2.71. The van der Waals surface area contributed by atoms with Crippen molar-refractivity contribution in [2.45, 2.75) is 38.1 Å². The van der Waals surface area contributed by atoms with E-state index in [4.69, 9.17) is 5.73 Å². The molecule has 1 atom stereocenters. The number of piperidine rings is 1. The molecule has 0 aromatic heterocycles. The van der Waals surface area contributed by atoms with Gasteiger partial charge in [-0.1, -0.05) is 37.3 Å². The molecule has 0 aliphatic carbocycles. The van der Waals surface area contributed by atoms with Gasteiger partial charge in [0, 0.05) is 19.1 Å². The molecule has 3 nitrogen and oxygen atoms in total. The summed E-state index contributed by atoms with van der Waals surface area (Å²) in [5, 5.41) is 0. The Kier molecular flexibility index (Phi) is 6.32. The second-order valence-corrected chi connectivity index (χ2v) is 5.03. The molecule has 2 N–H and O–H groups in total. The fourth-order valence-corrected chi connectivity index (χ4v) is 2.58. The fraction of sp³-hybridized carbons (Fsp3) is 0.533. The zero-order valence-electron chi connectivity index (χ0n) is 11.4. The minimum absolute atomic E-state index is 0. The normalized spacial score (nSPS) is 17.7. The molecule has 1 aromatic rings. The van der Waals surface area contributed by atoms with E-state index in [1.54, 1.807) is 0 Å². The lowest BCUT2D eigenvalue weighted by Gasteiger charge is -2.32. The topological polar surface area (TPSA) is 46.3 Å². The summed E-state index contributed by atoms with van der Waals surface area (Å²) in [6.45, 7) is 3.69. The molecule has 1 saturated heterocycles. The Morgan fingerprint density at radius 2 is 1.89 bits per heavy atom. The van der Waals surface area contributed by atoms with Crippen LogP contribution in [0.1, 0.15) is 37.7 Å². The summed E-state index contributed by atoms with van der Waals surface area (Å²) in [4.78, 5) is 14.5. The average molecular weight is 283 g/mol. The van der Waals surface area contributed by atoms with E-state index in [1.807, 2.05) is 35.2 Å². The quantitative estimate of drug-likeness (QED) is 0.926. The molecule has 1 aromatic carbocycles. The molecule has 0 saturated carbocycles. The molecule has 1 amide bonds. The van der Waals surface area contributed by atoms with E-state index in [-0.39, 0.29) is 30.3 Å². The Morgan fingerprint density at radius 1 is 1.32 bits per heavy atom. The number of benzene rings is 1. The van der Waals surface area contributed by atoms with Gasteiger partial charge in [-0.05, 0) is 24.8 Å². The zero-order chi connectivity index (χ0) is 13.0. The number of amides is 1. The number of carbonyl (C=O) groups is 1. The first-order chi connectivity index (χ1) is 8.72. The van der Waals surface area contributed by atoms with Gasteiger partial charge < -0.3 is 10.6 Å². The molecule has 1 heterocycles. The highest BCUT2D eigenvalue weighted by Gasteiger charge is 2.26. The lowest BCUT2D eigenvalue weighted by Crippen LogP contribution is -2.44. The van der Waals surface area contributed by atoms with Crippen LogP contribution in [0.5, 0.6) is 0 Å². The molecule has 0 bridgehead atoms. The third-order valence-corrected chi connectivity index (χ3v) is 3.76. The lowest BCUT2D eigenvalue weighted by atomic mass is 9.94. The Morgan fingerprint density at radius 3 is 2.42 bits per heavy atom. The van der Waals surface area contributed by atoms with Crippen LogP contribution in [0.4, 0.5) is 0 Å². The molecule has 2 rings (SSSR count). The van der Waals surface area contributed by atoms with Crippen LogP contribution in [0.2, 0.25) is 0 Å². The van der Waals surface area contributed by atoms with Gasteiger partial charge in [0.05, 0.1) is 5.92 Å². The van der Waals surface area contributed by atoms with E-state index in [0.29, 0.717) is 0 Å². The van der Waals surface area contributed by atoms with Crippen molar-refractivity contribution in [1.29, 1.82) is 0 Å². The number of rotatable bonds is 3. The van der Waals surface area contributed by atoms with Gasteiger partial charge in [0.2, 0.25) is 5.91 Å². The monoisotopic (exact) mass is 282 g/mol. The summed E-state index contributed by atoms with van der Waals surface area (Å²) in [6, 6.07) is 10.3. The largest absolute Gasteiger partial charge is 0.342 e. The van der Waals surface area contributed by atoms with Crippen LogP contribution in [0, 0.1) is 0 Å². The molecule has 0 spiro atoms. The second-order valence-electron chi connectivity index (χ2n) is 5.03. The van der Waals surface area contributed by atoms with Crippen LogP contribution < -0.4 is 5.73 Å². The summed E-state index contributed by atoms with van der Waals surface area (Å²) >= 11 is 0. The van der Waals surface area contributed by atoms with Crippen molar-refractivity contribution in [3.05, 3.63) is 35.9 Å². The standard InChI is InChI=1S/C15H22N2O.ClH/c1-2-14(12-6-4-3-5-7-12)15(18)17-10-8-13(16)9-11-17;/h3-7,13-14H,2,8-11,16H2,1H3;1H. The average Bonchev–Trinajstić information content (AvgIpc) is 2.41. The molecule has 1 aliphatic rings. The molecule has 1 aliphatic heterocycles. The zero-order valence-corrected chi connectivity index (χ0v) is 12.2. The van der Waals surface area contributed by atoms with E-state index in [0.717, 1.165) is 37.9 Å². The Balaban J connectivity index is 0.00000180. The van der Waals surface area contributed by atoms with Gasteiger partial charge in [-0.15, -0.1) is 12.4 Å². The van der Waals surface area contributed by atoms with Crippen molar-refractivity contribution in [3.63, 3.8) is 0 Å². The number of hydrogen-bond donors (Lipinski definition) is 1. The first-order valence-electron chi connectivity index (χ1n) is 6.81. The van der Waals surface area contributed by atoms with E-state index < -0.39 is 0 Å². The number of nitrogens with zero attached hydrogens (tertiary/aromatic N) is 1. The van der Waals surface area contributed by atoms with Crippen LogP contribution in [0.15, 0.2) is 30.3 Å².